The van der Waals surface area contributed by atoms with E-state index in [1.54, 1.807) is 13.8 Å². The molecular formula is C8H10O3. The van der Waals surface area contributed by atoms with E-state index in [1.807, 2.05) is 0 Å². The SMILES string of the molecule is C=C1OC(C)(C)OC(=O)C1=C. The van der Waals surface area contributed by atoms with E-state index in [-0.39, 0.29) is 11.3 Å². The Hall–Kier alpha value is -1.25. The van der Waals surface area contributed by atoms with Gasteiger partial charge in [-0.15, -0.1) is 0 Å². The highest BCUT2D eigenvalue weighted by Gasteiger charge is 2.33. The monoisotopic (exact) mass is 154 g/mol. The molecular weight excluding hydrogens is 144 g/mol. The normalized spacial score (nSPS) is 22.5. The number of hydrogen-bond acceptors (Lipinski definition) is 3. The molecule has 1 saturated heterocycles. The molecule has 0 bridgehead atoms. The Bertz CT molecular complexity index is 216. The van der Waals surface area contributed by atoms with Crippen LogP contribution in [0.3, 0.4) is 0 Å². The van der Waals surface area contributed by atoms with Crippen molar-refractivity contribution in [2.75, 3.05) is 0 Å². The van der Waals surface area contributed by atoms with E-state index in [0.717, 1.165) is 0 Å². The molecule has 0 atom stereocenters. The fourth-order valence-corrected chi connectivity index (χ4v) is 0.778. The molecule has 0 aromatic carbocycles. The predicted molar refractivity (Wildman–Crippen MR) is 39.5 cm³/mol. The van der Waals surface area contributed by atoms with Gasteiger partial charge in [0.1, 0.15) is 5.76 Å². The molecule has 1 rings (SSSR count). The highest BCUT2D eigenvalue weighted by atomic mass is 16.7. The fraction of sp³-hybridized carbons (Fsp3) is 0.375. The van der Waals surface area contributed by atoms with E-state index < -0.39 is 11.8 Å². The summed E-state index contributed by atoms with van der Waals surface area (Å²) in [7, 11) is 0. The Morgan fingerprint density at radius 3 is 2.27 bits per heavy atom. The zero-order valence-electron chi connectivity index (χ0n) is 6.64. The van der Waals surface area contributed by atoms with Gasteiger partial charge in [0.15, 0.2) is 0 Å². The number of rotatable bonds is 0. The first-order valence-corrected chi connectivity index (χ1v) is 3.23. The third-order valence-electron chi connectivity index (χ3n) is 1.29. The van der Waals surface area contributed by atoms with E-state index in [4.69, 9.17) is 9.47 Å². The van der Waals surface area contributed by atoms with Crippen LogP contribution in [0.4, 0.5) is 0 Å². The van der Waals surface area contributed by atoms with Gasteiger partial charge in [-0.05, 0) is 0 Å². The van der Waals surface area contributed by atoms with E-state index in [1.165, 1.54) is 0 Å². The largest absolute Gasteiger partial charge is 0.453 e. The molecule has 0 N–H and O–H groups in total. The standard InChI is InChI=1S/C8H10O3/c1-5-6(2)10-8(3,4)11-7(5)9/h1-2H2,3-4H3. The molecule has 0 spiro atoms. The number of cyclic esters (lactones) is 1. The van der Waals surface area contributed by atoms with Crippen molar-refractivity contribution in [3.05, 3.63) is 24.5 Å². The Kier molecular flexibility index (Phi) is 1.51. The first kappa shape index (κ1) is 7.85. The van der Waals surface area contributed by atoms with E-state index >= 15 is 0 Å². The first-order valence-electron chi connectivity index (χ1n) is 3.23. The van der Waals surface area contributed by atoms with Crippen LogP contribution in [0.1, 0.15) is 13.8 Å². The Morgan fingerprint density at radius 2 is 1.82 bits per heavy atom. The van der Waals surface area contributed by atoms with Crippen LogP contribution in [-0.2, 0) is 14.3 Å². The molecule has 0 unspecified atom stereocenters. The maximum atomic E-state index is 11.0. The van der Waals surface area contributed by atoms with Crippen LogP contribution in [0.2, 0.25) is 0 Å². The number of esters is 1. The third kappa shape index (κ3) is 1.42. The molecule has 1 fully saturated rings. The Morgan fingerprint density at radius 1 is 1.27 bits per heavy atom. The Labute approximate surface area is 65.3 Å². The van der Waals surface area contributed by atoms with E-state index in [9.17, 15) is 4.79 Å². The molecule has 0 amide bonds. The zero-order chi connectivity index (χ0) is 8.65. The highest BCUT2D eigenvalue weighted by Crippen LogP contribution is 2.26. The summed E-state index contributed by atoms with van der Waals surface area (Å²) in [6.07, 6.45) is 0. The number of carbonyl (C=O) groups is 1. The number of hydrogen-bond donors (Lipinski definition) is 0. The second-order valence-electron chi connectivity index (χ2n) is 2.79. The van der Waals surface area contributed by atoms with Gasteiger partial charge in [0, 0.05) is 13.8 Å². The maximum Gasteiger partial charge on any atom is 0.344 e. The minimum atomic E-state index is -0.907. The summed E-state index contributed by atoms with van der Waals surface area (Å²) < 4.78 is 9.95. The van der Waals surface area contributed by atoms with Gasteiger partial charge >= 0.3 is 5.97 Å². The quantitative estimate of drug-likeness (QED) is 0.390. The van der Waals surface area contributed by atoms with Crippen molar-refractivity contribution in [3.8, 4) is 0 Å². The molecule has 0 aliphatic carbocycles. The third-order valence-corrected chi connectivity index (χ3v) is 1.29. The van der Waals surface area contributed by atoms with Crippen molar-refractivity contribution in [3.63, 3.8) is 0 Å². The summed E-state index contributed by atoms with van der Waals surface area (Å²) in [4.78, 5) is 11.0. The second-order valence-corrected chi connectivity index (χ2v) is 2.79. The fourth-order valence-electron chi connectivity index (χ4n) is 0.778. The lowest BCUT2D eigenvalue weighted by Crippen LogP contribution is -2.37. The average Bonchev–Trinajstić information content (AvgIpc) is 1.81. The number of ether oxygens (including phenoxy) is 2. The molecule has 1 heterocycles. The van der Waals surface area contributed by atoms with Crippen molar-refractivity contribution in [1.29, 1.82) is 0 Å². The van der Waals surface area contributed by atoms with Crippen LogP contribution in [0.15, 0.2) is 24.5 Å². The van der Waals surface area contributed by atoms with Crippen LogP contribution in [0.5, 0.6) is 0 Å². The lowest BCUT2D eigenvalue weighted by molar-refractivity contribution is -0.207. The van der Waals surface area contributed by atoms with Gasteiger partial charge in [0.05, 0.1) is 5.57 Å². The summed E-state index contributed by atoms with van der Waals surface area (Å²) >= 11 is 0. The first-order chi connectivity index (χ1) is 4.92. The average molecular weight is 154 g/mol. The van der Waals surface area contributed by atoms with Crippen LogP contribution in [0, 0.1) is 0 Å². The van der Waals surface area contributed by atoms with Gasteiger partial charge in [0.2, 0.25) is 5.79 Å². The lowest BCUT2D eigenvalue weighted by atomic mass is 10.2. The molecule has 11 heavy (non-hydrogen) atoms. The van der Waals surface area contributed by atoms with Gasteiger partial charge in [-0.25, -0.2) is 4.79 Å². The molecule has 60 valence electrons. The van der Waals surface area contributed by atoms with Gasteiger partial charge in [-0.2, -0.15) is 0 Å². The van der Waals surface area contributed by atoms with Crippen molar-refractivity contribution in [2.24, 2.45) is 0 Å². The molecule has 0 radical (unpaired) electrons. The van der Waals surface area contributed by atoms with Gasteiger partial charge in [-0.3, -0.25) is 0 Å². The summed E-state index contributed by atoms with van der Waals surface area (Å²) in [6.45, 7) is 10.2. The lowest BCUT2D eigenvalue weighted by Gasteiger charge is -2.32. The maximum absolute atomic E-state index is 11.0. The second kappa shape index (κ2) is 2.12. The smallest absolute Gasteiger partial charge is 0.344 e. The van der Waals surface area contributed by atoms with Crippen molar-refractivity contribution in [2.45, 2.75) is 19.6 Å². The zero-order valence-corrected chi connectivity index (χ0v) is 6.64. The van der Waals surface area contributed by atoms with Gasteiger partial charge in [-0.1, -0.05) is 13.2 Å². The topological polar surface area (TPSA) is 35.5 Å². The van der Waals surface area contributed by atoms with Crippen molar-refractivity contribution >= 4 is 5.97 Å². The van der Waals surface area contributed by atoms with Crippen LogP contribution >= 0.6 is 0 Å². The molecule has 1 aliphatic rings. The minimum absolute atomic E-state index is 0.185. The molecule has 0 saturated carbocycles. The molecule has 1 aliphatic heterocycles. The summed E-state index contributed by atoms with van der Waals surface area (Å²) in [5, 5.41) is 0. The van der Waals surface area contributed by atoms with Crippen LogP contribution < -0.4 is 0 Å². The highest BCUT2D eigenvalue weighted by molar-refractivity contribution is 5.92. The Balaban J connectivity index is 2.87. The summed E-state index contributed by atoms with van der Waals surface area (Å²) in [6, 6.07) is 0. The van der Waals surface area contributed by atoms with Crippen molar-refractivity contribution in [1.82, 2.24) is 0 Å². The van der Waals surface area contributed by atoms with Gasteiger partial charge in [0.25, 0.3) is 0 Å². The summed E-state index contributed by atoms with van der Waals surface area (Å²) in [5.74, 6) is -1.09. The summed E-state index contributed by atoms with van der Waals surface area (Å²) in [5.41, 5.74) is 0.185. The van der Waals surface area contributed by atoms with E-state index in [0.29, 0.717) is 0 Å². The van der Waals surface area contributed by atoms with Gasteiger partial charge < -0.3 is 9.47 Å². The molecule has 3 heteroatoms. The van der Waals surface area contributed by atoms with E-state index in [2.05, 4.69) is 13.2 Å². The number of carbonyl (C=O) groups excluding carboxylic acids is 1. The molecule has 0 aromatic rings. The van der Waals surface area contributed by atoms with Crippen molar-refractivity contribution < 1.29 is 14.3 Å². The van der Waals surface area contributed by atoms with Crippen LogP contribution in [-0.4, -0.2) is 11.8 Å². The molecule has 3 nitrogen and oxygen atoms in total. The minimum Gasteiger partial charge on any atom is -0.453 e. The molecule has 0 aromatic heterocycles. The predicted octanol–water partition coefficient (Wildman–Crippen LogP) is 1.37. The van der Waals surface area contributed by atoms with Crippen LogP contribution in [0.25, 0.3) is 0 Å².